The zero-order valence-electron chi connectivity index (χ0n) is 12.0. The Kier molecular flexibility index (Phi) is 3.69. The van der Waals surface area contributed by atoms with E-state index in [1.165, 1.54) is 5.56 Å². The maximum absolute atomic E-state index is 12.0. The summed E-state index contributed by atoms with van der Waals surface area (Å²) in [6, 6.07) is 5.93. The summed E-state index contributed by atoms with van der Waals surface area (Å²) in [4.78, 5) is 14.2. The number of benzene rings is 1. The Labute approximate surface area is 115 Å². The molecular formula is C15H23N3O. The Balaban J connectivity index is 2.12. The van der Waals surface area contributed by atoms with Gasteiger partial charge in [-0.05, 0) is 51.3 Å². The molecule has 0 bridgehead atoms. The Morgan fingerprint density at radius 3 is 2.84 bits per heavy atom. The molecule has 0 aromatic heterocycles. The Morgan fingerprint density at radius 2 is 2.16 bits per heavy atom. The molecule has 0 spiro atoms. The number of nitrogen functional groups attached to an aromatic ring is 1. The lowest BCUT2D eigenvalue weighted by Gasteiger charge is -2.32. The van der Waals surface area contributed by atoms with Crippen molar-refractivity contribution in [1.82, 2.24) is 5.32 Å². The van der Waals surface area contributed by atoms with E-state index in [1.54, 1.807) is 0 Å². The Hall–Kier alpha value is -1.71. The highest BCUT2D eigenvalue weighted by atomic mass is 16.2. The maximum atomic E-state index is 12.0. The van der Waals surface area contributed by atoms with Crippen molar-refractivity contribution < 1.29 is 4.79 Å². The SMILES string of the molecule is CC(C)(C)NC(=O)CN1CCCc2c(N)cccc21. The average Bonchev–Trinajstić information content (AvgIpc) is 2.28. The van der Waals surface area contributed by atoms with Crippen LogP contribution in [0.25, 0.3) is 0 Å². The Morgan fingerprint density at radius 1 is 1.42 bits per heavy atom. The van der Waals surface area contributed by atoms with Crippen molar-refractivity contribution in [2.45, 2.75) is 39.2 Å². The van der Waals surface area contributed by atoms with Gasteiger partial charge < -0.3 is 16.0 Å². The molecule has 1 aromatic rings. The fraction of sp³-hybridized carbons (Fsp3) is 0.533. The van der Waals surface area contributed by atoms with Crippen molar-refractivity contribution in [2.24, 2.45) is 0 Å². The van der Waals surface area contributed by atoms with Crippen LogP contribution in [0.1, 0.15) is 32.8 Å². The molecule has 0 saturated carbocycles. The molecule has 4 nitrogen and oxygen atoms in total. The van der Waals surface area contributed by atoms with Crippen molar-refractivity contribution in [2.75, 3.05) is 23.7 Å². The summed E-state index contributed by atoms with van der Waals surface area (Å²) < 4.78 is 0. The van der Waals surface area contributed by atoms with Crippen LogP contribution >= 0.6 is 0 Å². The summed E-state index contributed by atoms with van der Waals surface area (Å²) in [6.45, 7) is 7.29. The number of nitrogens with one attached hydrogen (secondary N) is 1. The molecule has 0 saturated heterocycles. The molecule has 1 heterocycles. The zero-order chi connectivity index (χ0) is 14.0. The van der Waals surface area contributed by atoms with Crippen molar-refractivity contribution in [3.8, 4) is 0 Å². The fourth-order valence-electron chi connectivity index (χ4n) is 2.52. The minimum absolute atomic E-state index is 0.0581. The number of fused-ring (bicyclic) bond motifs is 1. The molecule has 0 fully saturated rings. The third kappa shape index (κ3) is 3.40. The average molecular weight is 261 g/mol. The lowest BCUT2D eigenvalue weighted by atomic mass is 10.00. The van der Waals surface area contributed by atoms with Crippen LogP contribution in [0.4, 0.5) is 11.4 Å². The molecule has 19 heavy (non-hydrogen) atoms. The number of rotatable bonds is 2. The van der Waals surface area contributed by atoms with E-state index in [-0.39, 0.29) is 11.4 Å². The fourth-order valence-corrected chi connectivity index (χ4v) is 2.52. The molecule has 1 aliphatic rings. The summed E-state index contributed by atoms with van der Waals surface area (Å²) >= 11 is 0. The number of anilines is 2. The molecule has 2 rings (SSSR count). The first-order valence-electron chi connectivity index (χ1n) is 6.80. The molecule has 1 amide bonds. The number of nitrogens with zero attached hydrogens (tertiary/aromatic N) is 1. The third-order valence-electron chi connectivity index (χ3n) is 3.23. The largest absolute Gasteiger partial charge is 0.398 e. The van der Waals surface area contributed by atoms with Gasteiger partial charge in [0.2, 0.25) is 5.91 Å². The lowest BCUT2D eigenvalue weighted by molar-refractivity contribution is -0.121. The van der Waals surface area contributed by atoms with Gasteiger partial charge in [-0.15, -0.1) is 0 Å². The van der Waals surface area contributed by atoms with Gasteiger partial charge in [0.15, 0.2) is 0 Å². The van der Waals surface area contributed by atoms with Crippen molar-refractivity contribution in [3.63, 3.8) is 0 Å². The summed E-state index contributed by atoms with van der Waals surface area (Å²) in [5, 5.41) is 3.00. The predicted molar refractivity (Wildman–Crippen MR) is 79.3 cm³/mol. The van der Waals surface area contributed by atoms with E-state index in [9.17, 15) is 4.79 Å². The van der Waals surface area contributed by atoms with Crippen molar-refractivity contribution >= 4 is 17.3 Å². The first-order chi connectivity index (χ1) is 8.87. The molecule has 0 unspecified atom stereocenters. The summed E-state index contributed by atoms with van der Waals surface area (Å²) in [5.74, 6) is 0.0581. The van der Waals surface area contributed by atoms with Crippen LogP contribution in [-0.4, -0.2) is 24.5 Å². The predicted octanol–water partition coefficient (Wildman–Crippen LogP) is 1.94. The van der Waals surface area contributed by atoms with Gasteiger partial charge in [-0.3, -0.25) is 4.79 Å². The molecule has 104 valence electrons. The second kappa shape index (κ2) is 5.11. The smallest absolute Gasteiger partial charge is 0.239 e. The molecule has 0 radical (unpaired) electrons. The number of nitrogens with two attached hydrogens (primary N) is 1. The molecule has 1 aromatic carbocycles. The van der Waals surface area contributed by atoms with Crippen LogP contribution in [0.3, 0.4) is 0 Å². The number of hydrogen-bond acceptors (Lipinski definition) is 3. The second-order valence-corrected chi connectivity index (χ2v) is 6.17. The number of carbonyl (C=O) groups is 1. The van der Waals surface area contributed by atoms with Crippen LogP contribution in [0, 0.1) is 0 Å². The molecule has 0 atom stereocenters. The van der Waals surface area contributed by atoms with Crippen molar-refractivity contribution in [3.05, 3.63) is 23.8 Å². The van der Waals surface area contributed by atoms with Gasteiger partial charge in [0.05, 0.1) is 6.54 Å². The third-order valence-corrected chi connectivity index (χ3v) is 3.23. The summed E-state index contributed by atoms with van der Waals surface area (Å²) in [6.07, 6.45) is 2.05. The highest BCUT2D eigenvalue weighted by molar-refractivity contribution is 5.83. The maximum Gasteiger partial charge on any atom is 0.239 e. The lowest BCUT2D eigenvalue weighted by Crippen LogP contribution is -2.47. The minimum Gasteiger partial charge on any atom is -0.398 e. The van der Waals surface area contributed by atoms with E-state index in [0.29, 0.717) is 6.54 Å². The standard InChI is InChI=1S/C15H23N3O/c1-15(2,3)17-14(19)10-18-9-5-6-11-12(16)7-4-8-13(11)18/h4,7-8H,5-6,9-10,16H2,1-3H3,(H,17,19). The van der Waals surface area contributed by atoms with Gasteiger partial charge in [0.1, 0.15) is 0 Å². The van der Waals surface area contributed by atoms with Crippen LogP contribution < -0.4 is 16.0 Å². The monoisotopic (exact) mass is 261 g/mol. The molecule has 0 aliphatic carbocycles. The quantitative estimate of drug-likeness (QED) is 0.800. The number of carbonyl (C=O) groups excluding carboxylic acids is 1. The molecule has 3 N–H and O–H groups in total. The molecule has 4 heteroatoms. The van der Waals surface area contributed by atoms with Crippen molar-refractivity contribution in [1.29, 1.82) is 0 Å². The van der Waals surface area contributed by atoms with E-state index in [1.807, 2.05) is 32.9 Å². The van der Waals surface area contributed by atoms with E-state index in [0.717, 1.165) is 30.8 Å². The van der Waals surface area contributed by atoms with E-state index >= 15 is 0 Å². The van der Waals surface area contributed by atoms with E-state index in [4.69, 9.17) is 5.73 Å². The van der Waals surface area contributed by atoms with Crippen LogP contribution in [0.2, 0.25) is 0 Å². The number of amides is 1. The van der Waals surface area contributed by atoms with Crippen LogP contribution in [0.5, 0.6) is 0 Å². The van der Waals surface area contributed by atoms with Crippen LogP contribution in [-0.2, 0) is 11.2 Å². The minimum atomic E-state index is -0.189. The van der Waals surface area contributed by atoms with Gasteiger partial charge >= 0.3 is 0 Å². The topological polar surface area (TPSA) is 58.4 Å². The van der Waals surface area contributed by atoms with E-state index in [2.05, 4.69) is 16.3 Å². The summed E-state index contributed by atoms with van der Waals surface area (Å²) in [5.41, 5.74) is 8.94. The van der Waals surface area contributed by atoms with Gasteiger partial charge in [0.25, 0.3) is 0 Å². The normalized spacial score (nSPS) is 15.0. The highest BCUT2D eigenvalue weighted by Gasteiger charge is 2.22. The van der Waals surface area contributed by atoms with Gasteiger partial charge in [-0.1, -0.05) is 6.07 Å². The van der Waals surface area contributed by atoms with Gasteiger partial charge in [-0.2, -0.15) is 0 Å². The zero-order valence-corrected chi connectivity index (χ0v) is 12.0. The highest BCUT2D eigenvalue weighted by Crippen LogP contribution is 2.30. The second-order valence-electron chi connectivity index (χ2n) is 6.17. The first kappa shape index (κ1) is 13.7. The van der Waals surface area contributed by atoms with Crippen LogP contribution in [0.15, 0.2) is 18.2 Å². The van der Waals surface area contributed by atoms with Gasteiger partial charge in [-0.25, -0.2) is 0 Å². The number of hydrogen-bond donors (Lipinski definition) is 2. The Bertz CT molecular complexity index is 477. The van der Waals surface area contributed by atoms with E-state index < -0.39 is 0 Å². The first-order valence-corrected chi connectivity index (χ1v) is 6.80. The molecule has 1 aliphatic heterocycles. The summed E-state index contributed by atoms with van der Waals surface area (Å²) in [7, 11) is 0. The molecular weight excluding hydrogens is 238 g/mol. The van der Waals surface area contributed by atoms with Gasteiger partial charge in [0, 0.05) is 23.5 Å².